The van der Waals surface area contributed by atoms with E-state index in [2.05, 4.69) is 0 Å². The van der Waals surface area contributed by atoms with Gasteiger partial charge in [-0.1, -0.05) is 6.07 Å². The van der Waals surface area contributed by atoms with Crippen molar-refractivity contribution >= 4 is 17.7 Å². The van der Waals surface area contributed by atoms with Gasteiger partial charge in [-0.25, -0.2) is 4.79 Å². The van der Waals surface area contributed by atoms with E-state index < -0.39 is 11.6 Å². The molecule has 3 rings (SSSR count). The van der Waals surface area contributed by atoms with Gasteiger partial charge in [-0.3, -0.25) is 4.79 Å². The fourth-order valence-electron chi connectivity index (χ4n) is 3.15. The zero-order chi connectivity index (χ0) is 17.5. The number of benzene rings is 1. The van der Waals surface area contributed by atoms with Crippen molar-refractivity contribution in [1.82, 2.24) is 4.90 Å². The topological polar surface area (TPSA) is 75.9 Å². The number of carbonyl (C=O) groups excluding carboxylic acids is 2. The molecule has 1 atom stereocenters. The van der Waals surface area contributed by atoms with Gasteiger partial charge in [-0.15, -0.1) is 0 Å². The Labute approximate surface area is 142 Å². The quantitative estimate of drug-likeness (QED) is 0.854. The Morgan fingerprint density at radius 2 is 2.00 bits per heavy atom. The minimum absolute atomic E-state index is 0.0326. The van der Waals surface area contributed by atoms with Gasteiger partial charge in [-0.2, -0.15) is 0 Å². The fourth-order valence-corrected chi connectivity index (χ4v) is 3.15. The van der Waals surface area contributed by atoms with E-state index in [1.807, 2.05) is 39.0 Å². The van der Waals surface area contributed by atoms with Gasteiger partial charge in [0.15, 0.2) is 0 Å². The van der Waals surface area contributed by atoms with E-state index in [0.29, 0.717) is 26.1 Å². The molecule has 0 saturated carbocycles. The van der Waals surface area contributed by atoms with E-state index in [9.17, 15) is 9.59 Å². The van der Waals surface area contributed by atoms with Crippen LogP contribution in [0.15, 0.2) is 18.2 Å². The first-order valence-electron chi connectivity index (χ1n) is 8.41. The molecule has 0 bridgehead atoms. The lowest BCUT2D eigenvalue weighted by atomic mass is 9.99. The van der Waals surface area contributed by atoms with Gasteiger partial charge in [-0.05, 0) is 56.9 Å². The first-order chi connectivity index (χ1) is 11.2. The van der Waals surface area contributed by atoms with Crippen LogP contribution in [-0.4, -0.2) is 41.6 Å². The summed E-state index contributed by atoms with van der Waals surface area (Å²) >= 11 is 0. The van der Waals surface area contributed by atoms with Crippen molar-refractivity contribution in [3.8, 4) is 0 Å². The largest absolute Gasteiger partial charge is 0.444 e. The number of amides is 2. The van der Waals surface area contributed by atoms with Gasteiger partial charge in [0.2, 0.25) is 5.91 Å². The van der Waals surface area contributed by atoms with Crippen LogP contribution in [0.25, 0.3) is 0 Å². The molecule has 2 N–H and O–H groups in total. The normalized spacial score (nSPS) is 21.0. The van der Waals surface area contributed by atoms with Gasteiger partial charge < -0.3 is 20.3 Å². The first kappa shape index (κ1) is 16.8. The van der Waals surface area contributed by atoms with Crippen LogP contribution in [0.4, 0.5) is 10.5 Å². The molecule has 0 aliphatic carbocycles. The molecule has 2 aliphatic heterocycles. The highest BCUT2D eigenvalue weighted by molar-refractivity contribution is 5.99. The van der Waals surface area contributed by atoms with Crippen molar-refractivity contribution in [2.75, 3.05) is 18.0 Å². The van der Waals surface area contributed by atoms with Crippen molar-refractivity contribution in [3.05, 3.63) is 29.3 Å². The van der Waals surface area contributed by atoms with E-state index >= 15 is 0 Å². The standard InChI is InChI=1S/C18H25N3O3/c1-18(2,3)24-17(23)20-8-6-12-4-5-14(10-13(12)11-20)21-9-7-15(19)16(21)22/h4-5,10,15H,6-9,11,19H2,1-3H3/t15-/m0/s1. The molecule has 1 aromatic rings. The molecule has 0 spiro atoms. The van der Waals surface area contributed by atoms with Crippen LogP contribution in [0.5, 0.6) is 0 Å². The Bertz CT molecular complexity index is 666. The van der Waals surface area contributed by atoms with E-state index in [4.69, 9.17) is 10.5 Å². The summed E-state index contributed by atoms with van der Waals surface area (Å²) < 4.78 is 5.46. The number of hydrogen-bond donors (Lipinski definition) is 1. The number of ether oxygens (including phenoxy) is 1. The molecule has 0 radical (unpaired) electrons. The summed E-state index contributed by atoms with van der Waals surface area (Å²) in [6.45, 7) is 7.39. The van der Waals surface area contributed by atoms with Crippen LogP contribution in [-0.2, 0) is 22.5 Å². The third kappa shape index (κ3) is 3.38. The maximum Gasteiger partial charge on any atom is 0.410 e. The number of carbonyl (C=O) groups is 2. The second-order valence-electron chi connectivity index (χ2n) is 7.49. The van der Waals surface area contributed by atoms with Crippen molar-refractivity contribution in [2.24, 2.45) is 5.73 Å². The number of rotatable bonds is 1. The maximum absolute atomic E-state index is 12.3. The summed E-state index contributed by atoms with van der Waals surface area (Å²) in [5, 5.41) is 0. The zero-order valence-corrected chi connectivity index (χ0v) is 14.5. The van der Waals surface area contributed by atoms with Crippen LogP contribution < -0.4 is 10.6 Å². The molecule has 1 aromatic carbocycles. The van der Waals surface area contributed by atoms with Gasteiger partial charge in [0, 0.05) is 25.3 Å². The SMILES string of the molecule is CC(C)(C)OC(=O)N1CCc2ccc(N3CC[C@H](N)C3=O)cc2C1. The van der Waals surface area contributed by atoms with Crippen LogP contribution in [0.2, 0.25) is 0 Å². The van der Waals surface area contributed by atoms with Gasteiger partial charge >= 0.3 is 6.09 Å². The average Bonchev–Trinajstić information content (AvgIpc) is 2.84. The lowest BCUT2D eigenvalue weighted by Gasteiger charge is -2.31. The molecule has 2 heterocycles. The predicted octanol–water partition coefficient (Wildman–Crippen LogP) is 2.04. The number of nitrogens with two attached hydrogens (primary N) is 1. The van der Waals surface area contributed by atoms with Gasteiger partial charge in [0.25, 0.3) is 0 Å². The number of hydrogen-bond acceptors (Lipinski definition) is 4. The highest BCUT2D eigenvalue weighted by Gasteiger charge is 2.31. The highest BCUT2D eigenvalue weighted by Crippen LogP contribution is 2.28. The summed E-state index contributed by atoms with van der Waals surface area (Å²) in [4.78, 5) is 27.9. The fraction of sp³-hybridized carbons (Fsp3) is 0.556. The molecule has 0 aromatic heterocycles. The number of anilines is 1. The molecule has 24 heavy (non-hydrogen) atoms. The molecule has 6 nitrogen and oxygen atoms in total. The minimum atomic E-state index is -0.503. The molecule has 0 unspecified atom stereocenters. The minimum Gasteiger partial charge on any atom is -0.444 e. The third-order valence-corrected chi connectivity index (χ3v) is 4.41. The molecule has 130 valence electrons. The predicted molar refractivity (Wildman–Crippen MR) is 91.7 cm³/mol. The number of fused-ring (bicyclic) bond motifs is 1. The second kappa shape index (κ2) is 6.09. The molecule has 2 amide bonds. The van der Waals surface area contributed by atoms with Crippen molar-refractivity contribution in [1.29, 1.82) is 0 Å². The lowest BCUT2D eigenvalue weighted by Crippen LogP contribution is -2.40. The summed E-state index contributed by atoms with van der Waals surface area (Å²) in [6.07, 6.45) is 1.18. The van der Waals surface area contributed by atoms with Crippen LogP contribution >= 0.6 is 0 Å². The Hall–Kier alpha value is -2.08. The van der Waals surface area contributed by atoms with Crippen LogP contribution in [0.1, 0.15) is 38.3 Å². The summed E-state index contributed by atoms with van der Waals surface area (Å²) in [7, 11) is 0. The molecular formula is C18H25N3O3. The van der Waals surface area contributed by atoms with Gasteiger partial charge in [0.1, 0.15) is 5.60 Å². The Kier molecular flexibility index (Phi) is 4.25. The smallest absolute Gasteiger partial charge is 0.410 e. The Morgan fingerprint density at radius 1 is 1.25 bits per heavy atom. The van der Waals surface area contributed by atoms with Crippen molar-refractivity contribution in [3.63, 3.8) is 0 Å². The molecule has 1 fully saturated rings. The van der Waals surface area contributed by atoms with E-state index in [-0.39, 0.29) is 12.0 Å². The van der Waals surface area contributed by atoms with E-state index in [0.717, 1.165) is 17.7 Å². The maximum atomic E-state index is 12.3. The Morgan fingerprint density at radius 3 is 2.62 bits per heavy atom. The Balaban J connectivity index is 1.77. The molecule has 2 aliphatic rings. The average molecular weight is 331 g/mol. The van der Waals surface area contributed by atoms with Gasteiger partial charge in [0.05, 0.1) is 6.04 Å². The first-order valence-corrected chi connectivity index (χ1v) is 8.41. The van der Waals surface area contributed by atoms with Crippen molar-refractivity contribution in [2.45, 2.75) is 51.8 Å². The van der Waals surface area contributed by atoms with E-state index in [1.165, 1.54) is 5.56 Å². The molecule has 1 saturated heterocycles. The van der Waals surface area contributed by atoms with Crippen LogP contribution in [0.3, 0.4) is 0 Å². The van der Waals surface area contributed by atoms with Crippen molar-refractivity contribution < 1.29 is 14.3 Å². The summed E-state index contributed by atoms with van der Waals surface area (Å²) in [5.41, 5.74) is 8.44. The molecular weight excluding hydrogens is 306 g/mol. The summed E-state index contributed by atoms with van der Waals surface area (Å²) in [6, 6.07) is 5.62. The third-order valence-electron chi connectivity index (χ3n) is 4.41. The number of nitrogens with zero attached hydrogens (tertiary/aromatic N) is 2. The lowest BCUT2D eigenvalue weighted by molar-refractivity contribution is -0.118. The highest BCUT2D eigenvalue weighted by atomic mass is 16.6. The molecule has 6 heteroatoms. The second-order valence-corrected chi connectivity index (χ2v) is 7.49. The summed E-state index contributed by atoms with van der Waals surface area (Å²) in [5.74, 6) is -0.0326. The zero-order valence-electron chi connectivity index (χ0n) is 14.5. The van der Waals surface area contributed by atoms with Crippen LogP contribution in [0, 0.1) is 0 Å². The van der Waals surface area contributed by atoms with E-state index in [1.54, 1.807) is 9.80 Å². The monoisotopic (exact) mass is 331 g/mol.